The van der Waals surface area contributed by atoms with Crippen LogP contribution in [0.3, 0.4) is 0 Å². The van der Waals surface area contributed by atoms with Gasteiger partial charge in [0.15, 0.2) is 5.60 Å². The maximum atomic E-state index is 12.8. The number of cyclic esters (lactones) is 1. The zero-order valence-corrected chi connectivity index (χ0v) is 15.9. The van der Waals surface area contributed by atoms with Gasteiger partial charge in [0, 0.05) is 13.2 Å². The van der Waals surface area contributed by atoms with Crippen molar-refractivity contribution in [3.8, 4) is 0 Å². The van der Waals surface area contributed by atoms with E-state index in [1.165, 1.54) is 0 Å². The fourth-order valence-corrected chi connectivity index (χ4v) is 4.14. The number of halogens is 1. The molecule has 2 fully saturated rings. The normalized spacial score (nSPS) is 25.8. The molecule has 2 aliphatic heterocycles. The van der Waals surface area contributed by atoms with Crippen molar-refractivity contribution >= 4 is 27.8 Å². The van der Waals surface area contributed by atoms with Gasteiger partial charge in [-0.15, -0.1) is 0 Å². The Morgan fingerprint density at radius 3 is 2.80 bits per heavy atom. The molecule has 1 aromatic rings. The predicted octanol–water partition coefficient (Wildman–Crippen LogP) is 3.06. The molecule has 0 unspecified atom stereocenters. The molecule has 5 nitrogen and oxygen atoms in total. The largest absolute Gasteiger partial charge is 0.446 e. The van der Waals surface area contributed by atoms with Crippen molar-refractivity contribution in [1.82, 2.24) is 4.90 Å². The average molecular weight is 410 g/mol. The first-order chi connectivity index (χ1) is 12.2. The molecule has 2 aliphatic rings. The van der Waals surface area contributed by atoms with E-state index in [4.69, 9.17) is 9.47 Å². The smallest absolute Gasteiger partial charge is 0.329 e. The van der Waals surface area contributed by atoms with Gasteiger partial charge in [0.25, 0.3) is 5.91 Å². The zero-order chi connectivity index (χ0) is 17.7. The number of unbranched alkanes of at least 4 members (excludes halogenated alkanes) is 1. The molecule has 0 bridgehead atoms. The monoisotopic (exact) mass is 409 g/mol. The molecule has 0 radical (unpaired) electrons. The number of carbonyl (C=O) groups excluding carboxylic acids is 2. The van der Waals surface area contributed by atoms with Crippen LogP contribution >= 0.6 is 15.9 Å². The second-order valence-electron chi connectivity index (χ2n) is 6.70. The molecule has 2 saturated heterocycles. The minimum atomic E-state index is -1.04. The molecule has 3 rings (SSSR count). The highest BCUT2D eigenvalue weighted by Gasteiger charge is 2.53. The molecule has 1 amide bonds. The van der Waals surface area contributed by atoms with Gasteiger partial charge < -0.3 is 14.4 Å². The maximum absolute atomic E-state index is 12.8. The lowest BCUT2D eigenvalue weighted by atomic mass is 9.94. The van der Waals surface area contributed by atoms with Gasteiger partial charge in [0.05, 0.1) is 11.9 Å². The minimum absolute atomic E-state index is 0.0447. The lowest BCUT2D eigenvalue weighted by molar-refractivity contribution is -0.188. The van der Waals surface area contributed by atoms with Crippen LogP contribution in [0.25, 0.3) is 0 Å². The van der Waals surface area contributed by atoms with Gasteiger partial charge in [-0.2, -0.15) is 0 Å². The summed E-state index contributed by atoms with van der Waals surface area (Å²) in [6, 6.07) is 9.67. The molecule has 0 aliphatic carbocycles. The van der Waals surface area contributed by atoms with Crippen LogP contribution in [0.4, 0.5) is 0 Å². The second-order valence-corrected chi connectivity index (χ2v) is 7.26. The van der Waals surface area contributed by atoms with Crippen molar-refractivity contribution in [2.75, 3.05) is 18.5 Å². The topological polar surface area (TPSA) is 55.8 Å². The number of ether oxygens (including phenoxy) is 2. The highest BCUT2D eigenvalue weighted by atomic mass is 79.9. The number of esters is 1. The molecule has 0 N–H and O–H groups in total. The highest BCUT2D eigenvalue weighted by molar-refractivity contribution is 9.09. The van der Waals surface area contributed by atoms with Crippen LogP contribution in [0.2, 0.25) is 0 Å². The van der Waals surface area contributed by atoms with Crippen LogP contribution in [-0.4, -0.2) is 46.9 Å². The number of hydrogen-bond donors (Lipinski definition) is 0. The molecule has 136 valence electrons. The Labute approximate surface area is 156 Å². The number of carbonyl (C=O) groups is 2. The molecular formula is C19H24BrNO4. The Morgan fingerprint density at radius 2 is 2.04 bits per heavy atom. The van der Waals surface area contributed by atoms with Crippen LogP contribution in [-0.2, 0) is 25.7 Å². The van der Waals surface area contributed by atoms with Crippen LogP contribution < -0.4 is 0 Å². The lowest BCUT2D eigenvalue weighted by Crippen LogP contribution is -2.61. The van der Waals surface area contributed by atoms with Crippen molar-refractivity contribution in [2.45, 2.75) is 50.4 Å². The van der Waals surface area contributed by atoms with Crippen molar-refractivity contribution in [1.29, 1.82) is 0 Å². The van der Waals surface area contributed by atoms with E-state index in [1.807, 2.05) is 30.3 Å². The number of amides is 1. The summed E-state index contributed by atoms with van der Waals surface area (Å²) >= 11 is 3.39. The molecule has 0 spiro atoms. The Kier molecular flexibility index (Phi) is 6.12. The van der Waals surface area contributed by atoms with Crippen LogP contribution in [0.1, 0.15) is 37.7 Å². The van der Waals surface area contributed by atoms with Gasteiger partial charge >= 0.3 is 5.97 Å². The third-order valence-corrected chi connectivity index (χ3v) is 5.82. The number of alkyl halides is 1. The quantitative estimate of drug-likeness (QED) is 0.376. The Morgan fingerprint density at radius 1 is 1.24 bits per heavy atom. The highest BCUT2D eigenvalue weighted by Crippen LogP contribution is 2.34. The summed E-state index contributed by atoms with van der Waals surface area (Å²) < 4.78 is 11.3. The van der Waals surface area contributed by atoms with Crippen LogP contribution in [0, 0.1) is 0 Å². The van der Waals surface area contributed by atoms with Gasteiger partial charge in [-0.25, -0.2) is 4.79 Å². The van der Waals surface area contributed by atoms with E-state index in [1.54, 1.807) is 4.90 Å². The van der Waals surface area contributed by atoms with E-state index in [0.29, 0.717) is 31.5 Å². The van der Waals surface area contributed by atoms with E-state index in [-0.39, 0.29) is 17.9 Å². The summed E-state index contributed by atoms with van der Waals surface area (Å²) in [5.74, 6) is -0.298. The first-order valence-electron chi connectivity index (χ1n) is 8.88. The van der Waals surface area contributed by atoms with Crippen molar-refractivity contribution in [3.63, 3.8) is 0 Å². The van der Waals surface area contributed by atoms with E-state index >= 15 is 0 Å². The number of fused-ring (bicyclic) bond motifs is 1. The second kappa shape index (κ2) is 8.32. The number of benzene rings is 1. The van der Waals surface area contributed by atoms with E-state index in [0.717, 1.165) is 31.2 Å². The van der Waals surface area contributed by atoms with Crippen LogP contribution in [0.15, 0.2) is 30.3 Å². The fraction of sp³-hybridized carbons (Fsp3) is 0.579. The van der Waals surface area contributed by atoms with Gasteiger partial charge in [-0.1, -0.05) is 46.3 Å². The van der Waals surface area contributed by atoms with Gasteiger partial charge in [0.2, 0.25) is 0 Å². The maximum Gasteiger partial charge on any atom is 0.329 e. The standard InChI is InChI=1S/C19H24BrNO4/c20-14-19(18(23)21-11-6-9-16(21)17(22)25-19)10-4-5-12-24-13-15-7-2-1-3-8-15/h1-3,7-8,16H,4-6,9-14H2/t16-,19+/m0/s1. The first-order valence-corrected chi connectivity index (χ1v) is 10.00. The van der Waals surface area contributed by atoms with Crippen molar-refractivity contribution in [3.05, 3.63) is 35.9 Å². The molecule has 2 atom stereocenters. The minimum Gasteiger partial charge on any atom is -0.446 e. The molecule has 25 heavy (non-hydrogen) atoms. The van der Waals surface area contributed by atoms with Gasteiger partial charge in [-0.05, 0) is 37.7 Å². The van der Waals surface area contributed by atoms with E-state index < -0.39 is 5.60 Å². The number of morpholine rings is 1. The molecule has 0 aromatic heterocycles. The van der Waals surface area contributed by atoms with Crippen molar-refractivity contribution in [2.24, 2.45) is 0 Å². The lowest BCUT2D eigenvalue weighted by Gasteiger charge is -2.41. The summed E-state index contributed by atoms with van der Waals surface area (Å²) in [6.45, 7) is 1.88. The van der Waals surface area contributed by atoms with E-state index in [2.05, 4.69) is 15.9 Å². The molecule has 2 heterocycles. The molecular weight excluding hydrogens is 386 g/mol. The Hall–Kier alpha value is -1.40. The Bertz CT molecular complexity index is 609. The Balaban J connectivity index is 1.45. The first kappa shape index (κ1) is 18.4. The number of hydrogen-bond acceptors (Lipinski definition) is 4. The average Bonchev–Trinajstić information content (AvgIpc) is 3.13. The summed E-state index contributed by atoms with van der Waals surface area (Å²) in [4.78, 5) is 26.7. The fourth-order valence-electron chi connectivity index (χ4n) is 3.51. The third-order valence-electron chi connectivity index (χ3n) is 4.92. The number of nitrogens with zero attached hydrogens (tertiary/aromatic N) is 1. The van der Waals surface area contributed by atoms with E-state index in [9.17, 15) is 9.59 Å². The zero-order valence-electron chi connectivity index (χ0n) is 14.3. The van der Waals surface area contributed by atoms with Gasteiger partial charge in [-0.3, -0.25) is 4.79 Å². The number of rotatable bonds is 8. The summed E-state index contributed by atoms with van der Waals surface area (Å²) in [7, 11) is 0. The summed E-state index contributed by atoms with van der Waals surface area (Å²) in [5, 5.41) is 0.346. The molecule has 6 heteroatoms. The predicted molar refractivity (Wildman–Crippen MR) is 97.3 cm³/mol. The summed E-state index contributed by atoms with van der Waals surface area (Å²) in [5.41, 5.74) is 0.105. The van der Waals surface area contributed by atoms with Gasteiger partial charge in [0.1, 0.15) is 6.04 Å². The van der Waals surface area contributed by atoms with Crippen LogP contribution in [0.5, 0.6) is 0 Å². The van der Waals surface area contributed by atoms with Crippen molar-refractivity contribution < 1.29 is 19.1 Å². The SMILES string of the molecule is O=C1O[C@@](CBr)(CCCCOCc2ccccc2)C(=O)N2CCC[C@@H]12. The summed E-state index contributed by atoms with van der Waals surface area (Å²) in [6.07, 6.45) is 3.72. The molecule has 0 saturated carbocycles. The third kappa shape index (κ3) is 4.06. The molecule has 1 aromatic carbocycles.